The summed E-state index contributed by atoms with van der Waals surface area (Å²) in [6.45, 7) is 4.01. The number of carbonyl (C=O) groups excluding carboxylic acids is 2. The van der Waals surface area contributed by atoms with Gasteiger partial charge in [0.1, 0.15) is 0 Å². The Morgan fingerprint density at radius 3 is 2.21 bits per heavy atom. The SMILES string of the molecule is NC(=O)c1ccc(C(=O)N(CCN2CCCC2)Cc2ccc(Cl)c(Cl)c2)cc1. The van der Waals surface area contributed by atoms with Crippen LogP contribution in [0, 0.1) is 0 Å². The van der Waals surface area contributed by atoms with E-state index in [1.165, 1.54) is 12.8 Å². The lowest BCUT2D eigenvalue weighted by Gasteiger charge is -2.26. The normalized spacial score (nSPS) is 14.2. The summed E-state index contributed by atoms with van der Waals surface area (Å²) in [6.07, 6.45) is 2.41. The molecular weight excluding hydrogens is 397 g/mol. The number of hydrogen-bond donors (Lipinski definition) is 1. The fourth-order valence-corrected chi connectivity index (χ4v) is 3.66. The first-order valence-electron chi connectivity index (χ1n) is 9.29. The molecule has 2 aromatic rings. The van der Waals surface area contributed by atoms with E-state index >= 15 is 0 Å². The maximum Gasteiger partial charge on any atom is 0.254 e. The highest BCUT2D eigenvalue weighted by Gasteiger charge is 2.19. The van der Waals surface area contributed by atoms with Gasteiger partial charge in [-0.2, -0.15) is 0 Å². The van der Waals surface area contributed by atoms with Crippen LogP contribution in [0.25, 0.3) is 0 Å². The number of halogens is 2. The average Bonchev–Trinajstić information content (AvgIpc) is 3.21. The third-order valence-electron chi connectivity index (χ3n) is 4.95. The number of primary amides is 1. The molecule has 1 fully saturated rings. The molecule has 7 heteroatoms. The molecular formula is C21H23Cl2N3O2. The van der Waals surface area contributed by atoms with Gasteiger partial charge >= 0.3 is 0 Å². The Kier molecular flexibility index (Phi) is 6.94. The number of amides is 2. The van der Waals surface area contributed by atoms with E-state index in [0.29, 0.717) is 34.3 Å². The summed E-state index contributed by atoms with van der Waals surface area (Å²) >= 11 is 12.1. The Balaban J connectivity index is 1.77. The number of benzene rings is 2. The molecule has 2 N–H and O–H groups in total. The highest BCUT2D eigenvalue weighted by Crippen LogP contribution is 2.24. The van der Waals surface area contributed by atoms with Crippen LogP contribution in [-0.2, 0) is 6.54 Å². The average molecular weight is 420 g/mol. The molecule has 1 heterocycles. The number of carbonyl (C=O) groups is 2. The molecule has 148 valence electrons. The minimum atomic E-state index is -0.513. The quantitative estimate of drug-likeness (QED) is 0.741. The second kappa shape index (κ2) is 9.41. The highest BCUT2D eigenvalue weighted by atomic mass is 35.5. The van der Waals surface area contributed by atoms with E-state index in [4.69, 9.17) is 28.9 Å². The van der Waals surface area contributed by atoms with E-state index in [-0.39, 0.29) is 5.91 Å². The second-order valence-corrected chi connectivity index (χ2v) is 7.78. The summed E-state index contributed by atoms with van der Waals surface area (Å²) in [7, 11) is 0. The second-order valence-electron chi connectivity index (χ2n) is 6.97. The third-order valence-corrected chi connectivity index (χ3v) is 5.68. The van der Waals surface area contributed by atoms with E-state index in [9.17, 15) is 9.59 Å². The number of hydrogen-bond acceptors (Lipinski definition) is 3. The van der Waals surface area contributed by atoms with E-state index in [0.717, 1.165) is 25.2 Å². The van der Waals surface area contributed by atoms with Crippen molar-refractivity contribution in [2.75, 3.05) is 26.2 Å². The van der Waals surface area contributed by atoms with Gasteiger partial charge in [0.15, 0.2) is 0 Å². The maximum absolute atomic E-state index is 13.1. The monoisotopic (exact) mass is 419 g/mol. The molecule has 3 rings (SSSR count). The predicted octanol–water partition coefficient (Wildman–Crippen LogP) is 3.83. The van der Waals surface area contributed by atoms with Gasteiger partial charge in [-0.05, 0) is 67.9 Å². The van der Waals surface area contributed by atoms with Crippen LogP contribution >= 0.6 is 23.2 Å². The molecule has 1 aliphatic rings. The lowest BCUT2D eigenvalue weighted by Crippen LogP contribution is -2.37. The summed E-state index contributed by atoms with van der Waals surface area (Å²) in [5.41, 5.74) is 7.10. The minimum Gasteiger partial charge on any atom is -0.366 e. The Morgan fingerprint density at radius 1 is 0.964 bits per heavy atom. The lowest BCUT2D eigenvalue weighted by molar-refractivity contribution is 0.0726. The van der Waals surface area contributed by atoms with Gasteiger partial charge in [0.25, 0.3) is 5.91 Å². The molecule has 0 saturated carbocycles. The third kappa shape index (κ3) is 5.25. The highest BCUT2D eigenvalue weighted by molar-refractivity contribution is 6.42. The molecule has 0 aromatic heterocycles. The van der Waals surface area contributed by atoms with Gasteiger partial charge in [-0.25, -0.2) is 0 Å². The Hall–Kier alpha value is -2.08. The summed E-state index contributed by atoms with van der Waals surface area (Å²) in [5, 5.41) is 0.958. The Bertz CT molecular complexity index is 849. The molecule has 0 spiro atoms. The van der Waals surface area contributed by atoms with E-state index in [1.807, 2.05) is 6.07 Å². The van der Waals surface area contributed by atoms with Crippen molar-refractivity contribution in [3.8, 4) is 0 Å². The van der Waals surface area contributed by atoms with Crippen LogP contribution in [0.4, 0.5) is 0 Å². The summed E-state index contributed by atoms with van der Waals surface area (Å²) in [5.74, 6) is -0.609. The molecule has 2 aromatic carbocycles. The zero-order valence-corrected chi connectivity index (χ0v) is 17.0. The van der Waals surface area contributed by atoms with Crippen molar-refractivity contribution in [1.29, 1.82) is 0 Å². The van der Waals surface area contributed by atoms with E-state index in [1.54, 1.807) is 41.3 Å². The first-order valence-corrected chi connectivity index (χ1v) is 10.0. The number of likely N-dealkylation sites (tertiary alicyclic amines) is 1. The van der Waals surface area contributed by atoms with Crippen LogP contribution in [0.5, 0.6) is 0 Å². The lowest BCUT2D eigenvalue weighted by atomic mass is 10.1. The van der Waals surface area contributed by atoms with Crippen molar-refractivity contribution in [3.05, 3.63) is 69.2 Å². The first kappa shape index (κ1) is 20.6. The van der Waals surface area contributed by atoms with Gasteiger partial charge < -0.3 is 15.5 Å². The minimum absolute atomic E-state index is 0.0960. The molecule has 28 heavy (non-hydrogen) atoms. The van der Waals surface area contributed by atoms with Crippen LogP contribution < -0.4 is 5.73 Å². The zero-order valence-electron chi connectivity index (χ0n) is 15.5. The number of nitrogens with two attached hydrogens (primary N) is 1. The van der Waals surface area contributed by atoms with Crippen molar-refractivity contribution in [2.24, 2.45) is 5.73 Å². The van der Waals surface area contributed by atoms with Gasteiger partial charge in [0.2, 0.25) is 5.91 Å². The van der Waals surface area contributed by atoms with Crippen LogP contribution in [0.3, 0.4) is 0 Å². The molecule has 0 bridgehead atoms. The van der Waals surface area contributed by atoms with E-state index < -0.39 is 5.91 Å². The van der Waals surface area contributed by atoms with Gasteiger partial charge in [-0.1, -0.05) is 29.3 Å². The van der Waals surface area contributed by atoms with Crippen molar-refractivity contribution in [2.45, 2.75) is 19.4 Å². The molecule has 1 aliphatic heterocycles. The standard InChI is InChI=1S/C21H23Cl2N3O2/c22-18-8-3-15(13-19(18)23)14-26(12-11-25-9-1-2-10-25)21(28)17-6-4-16(5-7-17)20(24)27/h3-8,13H,1-2,9-12,14H2,(H2,24,27). The number of rotatable bonds is 7. The van der Waals surface area contributed by atoms with Gasteiger partial charge in [-0.3, -0.25) is 9.59 Å². The smallest absolute Gasteiger partial charge is 0.254 e. The summed E-state index contributed by atoms with van der Waals surface area (Å²) < 4.78 is 0. The van der Waals surface area contributed by atoms with Crippen molar-refractivity contribution < 1.29 is 9.59 Å². The fourth-order valence-electron chi connectivity index (χ4n) is 3.34. The number of nitrogens with zero attached hydrogens (tertiary/aromatic N) is 2. The Morgan fingerprint density at radius 2 is 1.61 bits per heavy atom. The Labute approximate surface area is 175 Å². The topological polar surface area (TPSA) is 66.6 Å². The molecule has 0 radical (unpaired) electrons. The van der Waals surface area contributed by atoms with Crippen LogP contribution in [0.15, 0.2) is 42.5 Å². The van der Waals surface area contributed by atoms with E-state index in [2.05, 4.69) is 4.90 Å². The largest absolute Gasteiger partial charge is 0.366 e. The summed E-state index contributed by atoms with van der Waals surface area (Å²) in [4.78, 5) is 28.6. The van der Waals surface area contributed by atoms with Crippen LogP contribution in [0.1, 0.15) is 39.1 Å². The molecule has 5 nitrogen and oxygen atoms in total. The molecule has 0 atom stereocenters. The van der Waals surface area contributed by atoms with Crippen molar-refractivity contribution >= 4 is 35.0 Å². The molecule has 0 aliphatic carbocycles. The predicted molar refractivity (Wildman–Crippen MR) is 112 cm³/mol. The van der Waals surface area contributed by atoms with Gasteiger partial charge in [-0.15, -0.1) is 0 Å². The maximum atomic E-state index is 13.1. The van der Waals surface area contributed by atoms with Crippen LogP contribution in [-0.4, -0.2) is 47.8 Å². The fraction of sp³-hybridized carbons (Fsp3) is 0.333. The van der Waals surface area contributed by atoms with Gasteiger partial charge in [0, 0.05) is 30.8 Å². The zero-order chi connectivity index (χ0) is 20.1. The molecule has 0 unspecified atom stereocenters. The molecule has 2 amide bonds. The molecule has 1 saturated heterocycles. The van der Waals surface area contributed by atoms with Crippen molar-refractivity contribution in [1.82, 2.24) is 9.80 Å². The van der Waals surface area contributed by atoms with Crippen molar-refractivity contribution in [3.63, 3.8) is 0 Å². The summed E-state index contributed by atoms with van der Waals surface area (Å²) in [6, 6.07) is 11.8. The first-order chi connectivity index (χ1) is 13.4. The van der Waals surface area contributed by atoms with Crippen LogP contribution in [0.2, 0.25) is 10.0 Å². The van der Waals surface area contributed by atoms with Gasteiger partial charge in [0.05, 0.1) is 10.0 Å².